The fraction of sp³-hybridized carbons (Fsp3) is 0.923. The standard InChI is InChI=1S/C13H25NO2/c1-5-13(6-2,12(15)16)14-10(3)8-7-9-11(14)4/h10-11H,5-9H2,1-4H3,(H,15,16). The van der Waals surface area contributed by atoms with Gasteiger partial charge in [-0.1, -0.05) is 20.3 Å². The topological polar surface area (TPSA) is 40.5 Å². The number of carbonyl (C=O) groups is 1. The molecule has 2 atom stereocenters. The Morgan fingerprint density at radius 1 is 1.25 bits per heavy atom. The van der Waals surface area contributed by atoms with E-state index in [-0.39, 0.29) is 0 Å². The van der Waals surface area contributed by atoms with Crippen molar-refractivity contribution in [2.24, 2.45) is 0 Å². The van der Waals surface area contributed by atoms with E-state index >= 15 is 0 Å². The van der Waals surface area contributed by atoms with E-state index in [4.69, 9.17) is 0 Å². The predicted molar refractivity (Wildman–Crippen MR) is 65.6 cm³/mol. The largest absolute Gasteiger partial charge is 0.480 e. The van der Waals surface area contributed by atoms with Crippen LogP contribution in [0.25, 0.3) is 0 Å². The molecular weight excluding hydrogens is 202 g/mol. The van der Waals surface area contributed by atoms with Crippen molar-refractivity contribution >= 4 is 5.97 Å². The fourth-order valence-corrected chi connectivity index (χ4v) is 3.29. The third kappa shape index (κ3) is 2.10. The molecule has 16 heavy (non-hydrogen) atoms. The molecule has 3 heteroatoms. The van der Waals surface area contributed by atoms with E-state index in [1.807, 2.05) is 13.8 Å². The zero-order valence-corrected chi connectivity index (χ0v) is 11.0. The first-order valence-corrected chi connectivity index (χ1v) is 6.51. The lowest BCUT2D eigenvalue weighted by atomic mass is 9.83. The van der Waals surface area contributed by atoms with Gasteiger partial charge in [0.05, 0.1) is 0 Å². The Morgan fingerprint density at radius 3 is 2.00 bits per heavy atom. The number of nitrogens with zero attached hydrogens (tertiary/aromatic N) is 1. The normalized spacial score (nSPS) is 28.0. The number of rotatable bonds is 4. The smallest absolute Gasteiger partial charge is 0.324 e. The van der Waals surface area contributed by atoms with Gasteiger partial charge >= 0.3 is 5.97 Å². The highest BCUT2D eigenvalue weighted by molar-refractivity contribution is 5.78. The maximum atomic E-state index is 11.6. The molecule has 0 saturated carbocycles. The minimum atomic E-state index is -0.655. The quantitative estimate of drug-likeness (QED) is 0.802. The fourth-order valence-electron chi connectivity index (χ4n) is 3.29. The molecule has 0 aromatic rings. The van der Waals surface area contributed by atoms with Gasteiger partial charge in [0.2, 0.25) is 0 Å². The maximum Gasteiger partial charge on any atom is 0.324 e. The van der Waals surface area contributed by atoms with Crippen molar-refractivity contribution in [2.75, 3.05) is 0 Å². The van der Waals surface area contributed by atoms with Crippen molar-refractivity contribution in [2.45, 2.75) is 77.4 Å². The van der Waals surface area contributed by atoms with E-state index in [2.05, 4.69) is 18.7 Å². The molecule has 1 fully saturated rings. The van der Waals surface area contributed by atoms with Crippen LogP contribution in [0.3, 0.4) is 0 Å². The van der Waals surface area contributed by atoms with Crippen LogP contribution in [0.15, 0.2) is 0 Å². The highest BCUT2D eigenvalue weighted by Crippen LogP contribution is 2.34. The zero-order chi connectivity index (χ0) is 12.3. The molecule has 1 N–H and O–H groups in total. The number of carboxylic acids is 1. The first-order chi connectivity index (χ1) is 7.49. The number of aliphatic carboxylic acids is 1. The highest BCUT2D eigenvalue weighted by atomic mass is 16.4. The van der Waals surface area contributed by atoms with Crippen molar-refractivity contribution in [1.29, 1.82) is 0 Å². The van der Waals surface area contributed by atoms with E-state index in [1.165, 1.54) is 6.42 Å². The minimum absolute atomic E-state index is 0.389. The van der Waals surface area contributed by atoms with Crippen LogP contribution in [-0.4, -0.2) is 33.6 Å². The van der Waals surface area contributed by atoms with Gasteiger partial charge in [0.15, 0.2) is 0 Å². The van der Waals surface area contributed by atoms with Gasteiger partial charge in [-0.3, -0.25) is 9.69 Å². The van der Waals surface area contributed by atoms with Crippen molar-refractivity contribution in [3.8, 4) is 0 Å². The Balaban J connectivity index is 3.04. The Hall–Kier alpha value is -0.570. The van der Waals surface area contributed by atoms with Gasteiger partial charge in [-0.05, 0) is 39.5 Å². The summed E-state index contributed by atoms with van der Waals surface area (Å²) in [5.41, 5.74) is -0.654. The maximum absolute atomic E-state index is 11.6. The Morgan fingerprint density at radius 2 is 1.69 bits per heavy atom. The number of carboxylic acid groups (broad SMARTS) is 1. The minimum Gasteiger partial charge on any atom is -0.480 e. The van der Waals surface area contributed by atoms with Crippen LogP contribution in [0.4, 0.5) is 0 Å². The third-order valence-electron chi connectivity index (χ3n) is 4.26. The molecular formula is C13H25NO2. The molecule has 1 rings (SSSR count). The lowest BCUT2D eigenvalue weighted by Crippen LogP contribution is -2.61. The summed E-state index contributed by atoms with van der Waals surface area (Å²) < 4.78 is 0. The number of hydrogen-bond acceptors (Lipinski definition) is 2. The van der Waals surface area contributed by atoms with Gasteiger partial charge in [0.25, 0.3) is 0 Å². The summed E-state index contributed by atoms with van der Waals surface area (Å²) in [5, 5.41) is 9.57. The van der Waals surface area contributed by atoms with Gasteiger partial charge < -0.3 is 5.11 Å². The molecule has 2 unspecified atom stereocenters. The molecule has 1 saturated heterocycles. The van der Waals surface area contributed by atoms with Crippen molar-refractivity contribution in [3.05, 3.63) is 0 Å². The Kier molecular flexibility index (Phi) is 4.36. The predicted octanol–water partition coefficient (Wildman–Crippen LogP) is 2.89. The second kappa shape index (κ2) is 5.17. The summed E-state index contributed by atoms with van der Waals surface area (Å²) in [4.78, 5) is 13.9. The summed E-state index contributed by atoms with van der Waals surface area (Å²) >= 11 is 0. The molecule has 0 aromatic heterocycles. The molecule has 0 radical (unpaired) electrons. The molecule has 1 aliphatic rings. The van der Waals surface area contributed by atoms with Crippen LogP contribution in [0.5, 0.6) is 0 Å². The molecule has 0 amide bonds. The summed E-state index contributed by atoms with van der Waals surface area (Å²) in [6, 6.07) is 0.777. The van der Waals surface area contributed by atoms with E-state index in [0.717, 1.165) is 12.8 Å². The van der Waals surface area contributed by atoms with Crippen LogP contribution in [0.2, 0.25) is 0 Å². The van der Waals surface area contributed by atoms with E-state index in [9.17, 15) is 9.90 Å². The van der Waals surface area contributed by atoms with Crippen LogP contribution < -0.4 is 0 Å². The lowest BCUT2D eigenvalue weighted by Gasteiger charge is -2.49. The average molecular weight is 227 g/mol. The summed E-state index contributed by atoms with van der Waals surface area (Å²) in [6.45, 7) is 8.31. The molecule has 1 heterocycles. The van der Waals surface area contributed by atoms with Crippen LogP contribution >= 0.6 is 0 Å². The van der Waals surface area contributed by atoms with Crippen LogP contribution in [-0.2, 0) is 4.79 Å². The van der Waals surface area contributed by atoms with Crippen molar-refractivity contribution in [3.63, 3.8) is 0 Å². The highest BCUT2D eigenvalue weighted by Gasteiger charge is 2.46. The average Bonchev–Trinajstić information content (AvgIpc) is 2.23. The second-order valence-electron chi connectivity index (χ2n) is 5.08. The van der Waals surface area contributed by atoms with Gasteiger partial charge in [0.1, 0.15) is 5.54 Å². The number of piperidine rings is 1. The van der Waals surface area contributed by atoms with Gasteiger partial charge in [-0.15, -0.1) is 0 Å². The van der Waals surface area contributed by atoms with E-state index in [0.29, 0.717) is 24.9 Å². The summed E-state index contributed by atoms with van der Waals surface area (Å²) in [5.74, 6) is -0.655. The Bertz CT molecular complexity index is 238. The van der Waals surface area contributed by atoms with Gasteiger partial charge in [-0.2, -0.15) is 0 Å². The van der Waals surface area contributed by atoms with Crippen molar-refractivity contribution < 1.29 is 9.90 Å². The van der Waals surface area contributed by atoms with E-state index < -0.39 is 11.5 Å². The molecule has 3 nitrogen and oxygen atoms in total. The van der Waals surface area contributed by atoms with E-state index in [1.54, 1.807) is 0 Å². The van der Waals surface area contributed by atoms with Gasteiger partial charge in [-0.25, -0.2) is 0 Å². The summed E-state index contributed by atoms with van der Waals surface area (Å²) in [7, 11) is 0. The summed E-state index contributed by atoms with van der Waals surface area (Å²) in [6.07, 6.45) is 4.85. The monoisotopic (exact) mass is 227 g/mol. The molecule has 0 spiro atoms. The third-order valence-corrected chi connectivity index (χ3v) is 4.26. The second-order valence-corrected chi connectivity index (χ2v) is 5.08. The zero-order valence-electron chi connectivity index (χ0n) is 11.0. The number of likely N-dealkylation sites (tertiary alicyclic amines) is 1. The lowest BCUT2D eigenvalue weighted by molar-refractivity contribution is -0.158. The SMILES string of the molecule is CCC(CC)(C(=O)O)N1C(C)CCCC1C. The molecule has 94 valence electrons. The van der Waals surface area contributed by atoms with Gasteiger partial charge in [0, 0.05) is 12.1 Å². The Labute approximate surface area is 98.8 Å². The van der Waals surface area contributed by atoms with Crippen LogP contribution in [0.1, 0.15) is 59.8 Å². The number of hydrogen-bond donors (Lipinski definition) is 1. The molecule has 0 bridgehead atoms. The van der Waals surface area contributed by atoms with Crippen molar-refractivity contribution in [1.82, 2.24) is 4.90 Å². The van der Waals surface area contributed by atoms with Crippen LogP contribution in [0, 0.1) is 0 Å². The first kappa shape index (κ1) is 13.5. The first-order valence-electron chi connectivity index (χ1n) is 6.51. The molecule has 1 aliphatic heterocycles. The molecule has 0 aliphatic carbocycles. The molecule has 0 aromatic carbocycles.